The van der Waals surface area contributed by atoms with Gasteiger partial charge in [-0.05, 0) is 33.6 Å². The lowest BCUT2D eigenvalue weighted by Gasteiger charge is -2.40. The van der Waals surface area contributed by atoms with Gasteiger partial charge in [0.25, 0.3) is 0 Å². The Labute approximate surface area is 176 Å². The van der Waals surface area contributed by atoms with Gasteiger partial charge in [0, 0.05) is 26.7 Å². The molecule has 7 heteroatoms. The van der Waals surface area contributed by atoms with Crippen LogP contribution in [0.2, 0.25) is 0 Å². The summed E-state index contributed by atoms with van der Waals surface area (Å²) in [7, 11) is 3.23. The van der Waals surface area contributed by atoms with Gasteiger partial charge in [0.05, 0.1) is 19.8 Å². The molecule has 0 bridgehead atoms. The van der Waals surface area contributed by atoms with Crippen molar-refractivity contribution in [2.24, 2.45) is 5.92 Å². The molecule has 1 aliphatic heterocycles. The molecule has 2 fully saturated rings. The van der Waals surface area contributed by atoms with Crippen LogP contribution in [0.25, 0.3) is 0 Å². The highest BCUT2D eigenvalue weighted by molar-refractivity contribution is 5.67. The number of alkyl carbamates (subject to hydrolysis) is 1. The number of carbonyl (C=O) groups is 1. The van der Waals surface area contributed by atoms with Gasteiger partial charge < -0.3 is 29.4 Å². The van der Waals surface area contributed by atoms with Crippen molar-refractivity contribution >= 4 is 6.09 Å². The molecule has 4 atom stereocenters. The van der Waals surface area contributed by atoms with Crippen molar-refractivity contribution in [3.05, 3.63) is 23.8 Å². The summed E-state index contributed by atoms with van der Waals surface area (Å²) in [4.78, 5) is 11.8. The molecule has 1 saturated heterocycles. The highest BCUT2D eigenvalue weighted by Gasteiger charge is 2.59. The SMILES string of the molecule is C=C(C)C1C(OC)C(OC(=O)NCCOC)CC[C@]12CO2.CC.CC(C)=CCO. The maximum absolute atomic E-state index is 11.8. The van der Waals surface area contributed by atoms with E-state index < -0.39 is 6.09 Å². The fourth-order valence-corrected chi connectivity index (χ4v) is 3.40. The Kier molecular flexibility index (Phi) is 13.8. The summed E-state index contributed by atoms with van der Waals surface area (Å²) >= 11 is 0. The van der Waals surface area contributed by atoms with Crippen molar-refractivity contribution in [2.45, 2.75) is 65.3 Å². The summed E-state index contributed by atoms with van der Waals surface area (Å²) < 4.78 is 21.7. The van der Waals surface area contributed by atoms with Crippen LogP contribution >= 0.6 is 0 Å². The molecule has 29 heavy (non-hydrogen) atoms. The highest BCUT2D eigenvalue weighted by Crippen LogP contribution is 2.50. The Hall–Kier alpha value is -1.41. The molecule has 1 saturated carbocycles. The van der Waals surface area contributed by atoms with E-state index in [1.54, 1.807) is 20.3 Å². The standard InChI is InChI=1S/C15H25NO5.C5H10O.C2H6/c1-10(2)12-13(19-4)11(5-6-15(12)9-20-15)21-14(17)16-7-8-18-3;1-5(2)3-4-6;1-2/h11-13H,1,5-9H2,2-4H3,(H,16,17);3,6H,4H2,1-2H3;1-2H3/t11?,12?,13?,15-;;/m0../s1. The molecule has 1 spiro atoms. The van der Waals surface area contributed by atoms with Gasteiger partial charge in [-0.1, -0.05) is 37.6 Å². The molecule has 1 heterocycles. The smallest absolute Gasteiger partial charge is 0.407 e. The number of amides is 1. The molecular weight excluding hydrogens is 374 g/mol. The maximum atomic E-state index is 11.8. The van der Waals surface area contributed by atoms with Crippen LogP contribution in [0, 0.1) is 5.92 Å². The maximum Gasteiger partial charge on any atom is 0.407 e. The number of nitrogens with one attached hydrogen (secondary N) is 1. The monoisotopic (exact) mass is 415 g/mol. The molecular formula is C22H41NO6. The Morgan fingerprint density at radius 3 is 2.31 bits per heavy atom. The third-order valence-electron chi connectivity index (χ3n) is 4.77. The van der Waals surface area contributed by atoms with Crippen LogP contribution in [0.5, 0.6) is 0 Å². The minimum absolute atomic E-state index is 0.0630. The lowest BCUT2D eigenvalue weighted by atomic mass is 9.72. The second-order valence-corrected chi connectivity index (χ2v) is 7.24. The first-order chi connectivity index (χ1) is 13.8. The molecule has 0 aromatic carbocycles. The first-order valence-electron chi connectivity index (χ1n) is 10.3. The van der Waals surface area contributed by atoms with E-state index in [0.717, 1.165) is 30.6 Å². The fourth-order valence-electron chi connectivity index (χ4n) is 3.40. The third-order valence-corrected chi connectivity index (χ3v) is 4.77. The summed E-state index contributed by atoms with van der Waals surface area (Å²) in [6, 6.07) is 0. The minimum atomic E-state index is -0.438. The van der Waals surface area contributed by atoms with Crippen LogP contribution in [-0.4, -0.2) is 69.6 Å². The first kappa shape index (κ1) is 27.6. The Morgan fingerprint density at radius 1 is 1.31 bits per heavy atom. The summed E-state index contributed by atoms with van der Waals surface area (Å²) in [6.07, 6.45) is 2.42. The zero-order chi connectivity index (χ0) is 22.4. The normalized spacial score (nSPS) is 26.8. The molecule has 0 aromatic rings. The second kappa shape index (κ2) is 14.6. The average Bonchev–Trinajstić information content (AvgIpc) is 3.44. The van der Waals surface area contributed by atoms with Gasteiger partial charge in [0.15, 0.2) is 0 Å². The number of carbonyl (C=O) groups excluding carboxylic acids is 1. The minimum Gasteiger partial charge on any atom is -0.443 e. The number of aliphatic hydroxyl groups is 1. The van der Waals surface area contributed by atoms with Crippen LogP contribution < -0.4 is 5.32 Å². The Bertz CT molecular complexity index is 511. The van der Waals surface area contributed by atoms with E-state index in [1.165, 1.54) is 0 Å². The van der Waals surface area contributed by atoms with Crippen LogP contribution in [0.4, 0.5) is 4.79 Å². The Balaban J connectivity index is 0.000000841. The van der Waals surface area contributed by atoms with Gasteiger partial charge in [-0.15, -0.1) is 0 Å². The number of epoxide rings is 1. The van der Waals surface area contributed by atoms with E-state index in [0.29, 0.717) is 13.2 Å². The predicted molar refractivity (Wildman–Crippen MR) is 115 cm³/mol. The van der Waals surface area contributed by atoms with E-state index in [2.05, 4.69) is 11.9 Å². The van der Waals surface area contributed by atoms with Crippen LogP contribution in [0.3, 0.4) is 0 Å². The number of hydrogen-bond acceptors (Lipinski definition) is 6. The molecule has 2 N–H and O–H groups in total. The van der Waals surface area contributed by atoms with Crippen molar-refractivity contribution in [3.8, 4) is 0 Å². The third kappa shape index (κ3) is 9.30. The van der Waals surface area contributed by atoms with E-state index in [9.17, 15) is 4.79 Å². The van der Waals surface area contributed by atoms with Crippen LogP contribution in [0.15, 0.2) is 23.8 Å². The van der Waals surface area contributed by atoms with Gasteiger partial charge in [-0.2, -0.15) is 0 Å². The van der Waals surface area contributed by atoms with Crippen molar-refractivity contribution in [1.82, 2.24) is 5.32 Å². The Morgan fingerprint density at radius 2 is 1.93 bits per heavy atom. The van der Waals surface area contributed by atoms with Crippen LogP contribution in [0.1, 0.15) is 47.5 Å². The van der Waals surface area contributed by atoms with Gasteiger partial charge in [-0.3, -0.25) is 0 Å². The van der Waals surface area contributed by atoms with Gasteiger partial charge in [0.2, 0.25) is 0 Å². The molecule has 0 radical (unpaired) electrons. The second-order valence-electron chi connectivity index (χ2n) is 7.24. The van der Waals surface area contributed by atoms with Crippen LogP contribution in [-0.2, 0) is 18.9 Å². The molecule has 1 amide bonds. The van der Waals surface area contributed by atoms with E-state index in [1.807, 2.05) is 34.6 Å². The zero-order valence-corrected chi connectivity index (χ0v) is 19.2. The van der Waals surface area contributed by atoms with Gasteiger partial charge in [0.1, 0.15) is 17.8 Å². The molecule has 3 unspecified atom stereocenters. The largest absolute Gasteiger partial charge is 0.443 e. The number of allylic oxidation sites excluding steroid dienone is 1. The van der Waals surface area contributed by atoms with Crippen molar-refractivity contribution < 1.29 is 28.8 Å². The number of rotatable bonds is 7. The molecule has 170 valence electrons. The molecule has 0 aromatic heterocycles. The lowest BCUT2D eigenvalue weighted by Crippen LogP contribution is -2.51. The fraction of sp³-hybridized carbons (Fsp3) is 0.773. The summed E-state index contributed by atoms with van der Waals surface area (Å²) in [5.74, 6) is 0.0630. The van der Waals surface area contributed by atoms with Crippen molar-refractivity contribution in [2.75, 3.05) is 40.6 Å². The first-order valence-corrected chi connectivity index (χ1v) is 10.3. The molecule has 2 aliphatic rings. The molecule has 2 rings (SSSR count). The van der Waals surface area contributed by atoms with Crippen molar-refractivity contribution in [3.63, 3.8) is 0 Å². The summed E-state index contributed by atoms with van der Waals surface area (Å²) in [5.41, 5.74) is 2.02. The summed E-state index contributed by atoms with van der Waals surface area (Å²) in [5, 5.41) is 10.8. The lowest BCUT2D eigenvalue weighted by molar-refractivity contribution is -0.0886. The van der Waals surface area contributed by atoms with E-state index in [4.69, 9.17) is 24.1 Å². The number of ether oxygens (including phenoxy) is 4. The number of hydrogen-bond donors (Lipinski definition) is 2. The highest BCUT2D eigenvalue weighted by atomic mass is 16.6. The number of aliphatic hydroxyl groups excluding tert-OH is 1. The van der Waals surface area contributed by atoms with Gasteiger partial charge >= 0.3 is 6.09 Å². The molecule has 1 aliphatic carbocycles. The topological polar surface area (TPSA) is 89.6 Å². The zero-order valence-electron chi connectivity index (χ0n) is 19.2. The summed E-state index contributed by atoms with van der Waals surface area (Å²) in [6.45, 7) is 15.7. The van der Waals surface area contributed by atoms with Crippen molar-refractivity contribution in [1.29, 1.82) is 0 Å². The van der Waals surface area contributed by atoms with Gasteiger partial charge in [-0.25, -0.2) is 4.79 Å². The number of methoxy groups -OCH3 is 2. The molecule has 7 nitrogen and oxygen atoms in total. The predicted octanol–water partition coefficient (Wildman–Crippen LogP) is 3.47. The average molecular weight is 416 g/mol. The van der Waals surface area contributed by atoms with E-state index in [-0.39, 0.29) is 30.3 Å². The van der Waals surface area contributed by atoms with E-state index >= 15 is 0 Å². The quantitative estimate of drug-likeness (QED) is 0.376.